The highest BCUT2D eigenvalue weighted by atomic mass is 14.9. The van der Waals surface area contributed by atoms with Crippen molar-refractivity contribution in [2.45, 2.75) is 41.5 Å². The quantitative estimate of drug-likeness (QED) is 0.115. The van der Waals surface area contributed by atoms with Crippen molar-refractivity contribution in [3.8, 4) is 67.5 Å². The molecule has 9 aromatic heterocycles. The standard InChI is InChI=1S/C60H42N12/c1-31-13-19-61-43(25-31)37-7-8-38(44-26-32(2)14-20-62-44)50-49(37)67-55-56(68-50)58-60(72-54-42(48-30-36(6)18-24-66-48)12-11-41(53(54)70-58)47-29-35(5)17-23-65-47)59-57(55)69-51-39(45-27-33(3)15-21-63-45)9-10-40(52(51)71-59)46-28-34(4)16-22-64-46/h7-30H,1-6H3. The van der Waals surface area contributed by atoms with E-state index in [1.54, 1.807) is 0 Å². The van der Waals surface area contributed by atoms with Crippen LogP contribution < -0.4 is 0 Å². The summed E-state index contributed by atoms with van der Waals surface area (Å²) in [5.74, 6) is 0. The monoisotopic (exact) mass is 930 g/mol. The van der Waals surface area contributed by atoms with Crippen molar-refractivity contribution in [3.05, 3.63) is 180 Å². The second-order valence-electron chi connectivity index (χ2n) is 18.6. The molecule has 0 N–H and O–H groups in total. The Morgan fingerprint density at radius 3 is 0.486 bits per heavy atom. The van der Waals surface area contributed by atoms with E-state index in [0.29, 0.717) is 66.2 Å². The minimum Gasteiger partial charge on any atom is -0.256 e. The van der Waals surface area contributed by atoms with Crippen LogP contribution in [-0.2, 0) is 0 Å². The molecule has 12 nitrogen and oxygen atoms in total. The molecule has 72 heavy (non-hydrogen) atoms. The summed E-state index contributed by atoms with van der Waals surface area (Å²) in [6.45, 7) is 12.4. The Labute approximate surface area is 413 Å². The highest BCUT2D eigenvalue weighted by Crippen LogP contribution is 2.42. The maximum atomic E-state index is 5.68. The maximum Gasteiger partial charge on any atom is 0.120 e. The Morgan fingerprint density at radius 1 is 0.194 bits per heavy atom. The fourth-order valence-electron chi connectivity index (χ4n) is 9.74. The Hall–Kier alpha value is -9.42. The number of hydrogen-bond donors (Lipinski definition) is 0. The third-order valence-electron chi connectivity index (χ3n) is 13.3. The molecule has 13 aromatic rings. The summed E-state index contributed by atoms with van der Waals surface area (Å²) < 4.78 is 0. The van der Waals surface area contributed by atoms with E-state index in [-0.39, 0.29) is 0 Å². The molecule has 0 atom stereocenters. The lowest BCUT2D eigenvalue weighted by Gasteiger charge is -2.16. The van der Waals surface area contributed by atoms with Gasteiger partial charge in [0, 0.05) is 70.6 Å². The molecule has 13 rings (SSSR count). The van der Waals surface area contributed by atoms with Crippen LogP contribution in [-0.4, -0.2) is 59.8 Å². The zero-order valence-corrected chi connectivity index (χ0v) is 40.2. The van der Waals surface area contributed by atoms with Gasteiger partial charge in [0.05, 0.1) is 67.3 Å². The van der Waals surface area contributed by atoms with Gasteiger partial charge in [0.15, 0.2) is 0 Å². The van der Waals surface area contributed by atoms with E-state index in [1.807, 2.05) is 73.6 Å². The lowest BCUT2D eigenvalue weighted by molar-refractivity contribution is 1.26. The zero-order valence-electron chi connectivity index (χ0n) is 40.2. The van der Waals surface area contributed by atoms with Crippen molar-refractivity contribution in [3.63, 3.8) is 0 Å². The van der Waals surface area contributed by atoms with E-state index in [9.17, 15) is 0 Å². The van der Waals surface area contributed by atoms with Gasteiger partial charge in [-0.15, -0.1) is 0 Å². The van der Waals surface area contributed by atoms with E-state index >= 15 is 0 Å². The predicted molar refractivity (Wildman–Crippen MR) is 286 cm³/mol. The smallest absolute Gasteiger partial charge is 0.120 e. The molecule has 0 aliphatic heterocycles. The number of rotatable bonds is 6. The van der Waals surface area contributed by atoms with Gasteiger partial charge in [-0.05, 0) is 184 Å². The summed E-state index contributed by atoms with van der Waals surface area (Å²) in [4.78, 5) is 63.3. The largest absolute Gasteiger partial charge is 0.256 e. The second kappa shape index (κ2) is 16.6. The van der Waals surface area contributed by atoms with E-state index in [4.69, 9.17) is 59.8 Å². The van der Waals surface area contributed by atoms with Crippen LogP contribution in [0.1, 0.15) is 33.4 Å². The molecule has 0 amide bonds. The summed E-state index contributed by atoms with van der Waals surface area (Å²) >= 11 is 0. The molecule has 0 saturated carbocycles. The van der Waals surface area contributed by atoms with Crippen LogP contribution in [0.2, 0.25) is 0 Å². The Balaban J connectivity index is 1.27. The van der Waals surface area contributed by atoms with Crippen LogP contribution in [0.4, 0.5) is 0 Å². The van der Waals surface area contributed by atoms with Crippen LogP contribution in [0.25, 0.3) is 134 Å². The van der Waals surface area contributed by atoms with E-state index in [2.05, 4.69) is 114 Å². The van der Waals surface area contributed by atoms with Crippen molar-refractivity contribution in [2.24, 2.45) is 0 Å². The molecule has 0 aliphatic rings. The molecule has 4 aromatic carbocycles. The number of nitrogens with zero attached hydrogens (tertiary/aromatic N) is 12. The number of fused-ring (bicyclic) bond motifs is 9. The predicted octanol–water partition coefficient (Wildman–Crippen LogP) is 13.2. The van der Waals surface area contributed by atoms with Crippen molar-refractivity contribution in [1.29, 1.82) is 0 Å². The zero-order chi connectivity index (χ0) is 48.8. The van der Waals surface area contributed by atoms with Crippen molar-refractivity contribution < 1.29 is 0 Å². The van der Waals surface area contributed by atoms with Crippen molar-refractivity contribution in [2.75, 3.05) is 0 Å². The minimum atomic E-state index is 0.505. The molecule has 0 radical (unpaired) electrons. The van der Waals surface area contributed by atoms with Gasteiger partial charge in [-0.2, -0.15) is 0 Å². The first kappa shape index (κ1) is 42.7. The molecule has 0 bridgehead atoms. The van der Waals surface area contributed by atoms with Gasteiger partial charge >= 0.3 is 0 Å². The van der Waals surface area contributed by atoms with Crippen LogP contribution >= 0.6 is 0 Å². The SMILES string of the molecule is Cc1ccnc(-c2ccc(-c3cc(C)ccn3)c3nc4c(nc23)c2nc3c(-c5cc(C)ccn5)ccc(-c5cc(C)ccn5)c3nc2c2nc3c(-c5cc(C)ccn5)ccc(-c5cc(C)ccn5)c3nc42)c1. The molecule has 0 unspecified atom stereocenters. The first-order valence-electron chi connectivity index (χ1n) is 23.8. The Morgan fingerprint density at radius 2 is 0.347 bits per heavy atom. The molecule has 12 heteroatoms. The first-order chi connectivity index (χ1) is 35.1. The van der Waals surface area contributed by atoms with E-state index in [0.717, 1.165) is 101 Å². The van der Waals surface area contributed by atoms with Gasteiger partial charge in [0.1, 0.15) is 33.1 Å². The molecular weight excluding hydrogens is 889 g/mol. The molecule has 0 spiro atoms. The van der Waals surface area contributed by atoms with Gasteiger partial charge in [-0.1, -0.05) is 0 Å². The molecule has 342 valence electrons. The van der Waals surface area contributed by atoms with Gasteiger partial charge in [-0.3, -0.25) is 29.9 Å². The summed E-state index contributed by atoms with van der Waals surface area (Å²) in [6.07, 6.45) is 10.9. The number of aryl methyl sites for hydroxylation is 6. The van der Waals surface area contributed by atoms with Gasteiger partial charge in [0.2, 0.25) is 0 Å². The highest BCUT2D eigenvalue weighted by Gasteiger charge is 2.26. The molecular formula is C60H42N12. The number of pyridine rings is 6. The third kappa shape index (κ3) is 7.14. The minimum absolute atomic E-state index is 0.505. The van der Waals surface area contributed by atoms with Crippen LogP contribution in [0, 0.1) is 41.5 Å². The summed E-state index contributed by atoms with van der Waals surface area (Å²) in [5.41, 5.74) is 22.7. The average molecular weight is 931 g/mol. The van der Waals surface area contributed by atoms with Crippen molar-refractivity contribution in [1.82, 2.24) is 59.8 Å². The van der Waals surface area contributed by atoms with E-state index < -0.39 is 0 Å². The molecule has 0 aliphatic carbocycles. The lowest BCUT2D eigenvalue weighted by Crippen LogP contribution is -2.03. The van der Waals surface area contributed by atoms with Gasteiger partial charge in [0.25, 0.3) is 0 Å². The number of aromatic nitrogens is 12. The highest BCUT2D eigenvalue weighted by molar-refractivity contribution is 6.23. The van der Waals surface area contributed by atoms with E-state index in [1.165, 1.54) is 0 Å². The normalized spacial score (nSPS) is 11.8. The van der Waals surface area contributed by atoms with Crippen molar-refractivity contribution >= 4 is 66.2 Å². The van der Waals surface area contributed by atoms with Crippen LogP contribution in [0.15, 0.2) is 146 Å². The summed E-state index contributed by atoms with van der Waals surface area (Å²) in [5, 5.41) is 0. The van der Waals surface area contributed by atoms with Crippen LogP contribution in [0.5, 0.6) is 0 Å². The van der Waals surface area contributed by atoms with Crippen LogP contribution in [0.3, 0.4) is 0 Å². The molecule has 9 heterocycles. The average Bonchev–Trinajstić information content (AvgIpc) is 3.39. The number of hydrogen-bond acceptors (Lipinski definition) is 12. The summed E-state index contributed by atoms with van der Waals surface area (Å²) in [7, 11) is 0. The Bertz CT molecular complexity index is 3680. The Kier molecular flexibility index (Phi) is 9.85. The lowest BCUT2D eigenvalue weighted by atomic mass is 9.99. The summed E-state index contributed by atoms with van der Waals surface area (Å²) in [6, 6.07) is 36.7. The first-order valence-corrected chi connectivity index (χ1v) is 23.8. The maximum absolute atomic E-state index is 5.68. The third-order valence-corrected chi connectivity index (χ3v) is 13.3. The fourth-order valence-corrected chi connectivity index (χ4v) is 9.74. The molecule has 0 saturated heterocycles. The second-order valence-corrected chi connectivity index (χ2v) is 18.6. The van der Waals surface area contributed by atoms with Gasteiger partial charge < -0.3 is 0 Å². The van der Waals surface area contributed by atoms with Gasteiger partial charge in [-0.25, -0.2) is 29.9 Å². The molecule has 0 fully saturated rings. The number of benzene rings is 4. The fraction of sp³-hybridized carbons (Fsp3) is 0.100. The topological polar surface area (TPSA) is 155 Å².